The van der Waals surface area contributed by atoms with Gasteiger partial charge in [-0.3, -0.25) is 4.79 Å². The van der Waals surface area contributed by atoms with E-state index in [4.69, 9.17) is 0 Å². The number of hydrogen-bond donors (Lipinski definition) is 1. The van der Waals surface area contributed by atoms with Crippen LogP contribution in [0.1, 0.15) is 41.0 Å². The maximum atomic E-state index is 13.7. The monoisotopic (exact) mass is 360 g/mol. The fraction of sp³-hybridized carbons (Fsp3) is 0.474. The van der Waals surface area contributed by atoms with Crippen molar-refractivity contribution in [1.82, 2.24) is 20.0 Å². The Balaban J connectivity index is 1.72. The number of hydrogen-bond acceptors (Lipinski definition) is 3. The highest BCUT2D eigenvalue weighted by molar-refractivity contribution is 5.94. The van der Waals surface area contributed by atoms with Crippen molar-refractivity contribution in [3.8, 4) is 5.69 Å². The van der Waals surface area contributed by atoms with Crippen LogP contribution in [0, 0.1) is 11.6 Å². The number of likely N-dealkylation sites (tertiary alicyclic amines) is 1. The first-order chi connectivity index (χ1) is 12.6. The van der Waals surface area contributed by atoms with Crippen LogP contribution in [-0.2, 0) is 12.8 Å². The van der Waals surface area contributed by atoms with Crippen molar-refractivity contribution in [3.63, 3.8) is 0 Å². The van der Waals surface area contributed by atoms with Crippen LogP contribution in [0.25, 0.3) is 5.69 Å². The van der Waals surface area contributed by atoms with Gasteiger partial charge in [0.25, 0.3) is 5.91 Å². The molecule has 138 valence electrons. The van der Waals surface area contributed by atoms with E-state index in [9.17, 15) is 13.6 Å². The van der Waals surface area contributed by atoms with Crippen molar-refractivity contribution < 1.29 is 13.6 Å². The first-order valence-corrected chi connectivity index (χ1v) is 9.12. The third-order valence-corrected chi connectivity index (χ3v) is 5.36. The Morgan fingerprint density at radius 1 is 1.27 bits per heavy atom. The van der Waals surface area contributed by atoms with Gasteiger partial charge in [-0.1, -0.05) is 0 Å². The smallest absolute Gasteiger partial charge is 0.274 e. The van der Waals surface area contributed by atoms with Gasteiger partial charge in [-0.2, -0.15) is 5.10 Å². The molecule has 1 aromatic heterocycles. The predicted molar refractivity (Wildman–Crippen MR) is 93.5 cm³/mol. The highest BCUT2D eigenvalue weighted by atomic mass is 19.2. The van der Waals surface area contributed by atoms with Gasteiger partial charge in [0.05, 0.1) is 5.69 Å². The third-order valence-electron chi connectivity index (χ3n) is 5.36. The zero-order valence-electron chi connectivity index (χ0n) is 14.8. The van der Waals surface area contributed by atoms with E-state index in [1.165, 1.54) is 6.07 Å². The van der Waals surface area contributed by atoms with E-state index in [-0.39, 0.29) is 11.9 Å². The molecule has 4 rings (SSSR count). The molecule has 1 aromatic carbocycles. The van der Waals surface area contributed by atoms with Gasteiger partial charge in [-0.15, -0.1) is 0 Å². The van der Waals surface area contributed by atoms with Crippen LogP contribution in [0.5, 0.6) is 0 Å². The lowest BCUT2D eigenvalue weighted by molar-refractivity contribution is 0.0729. The van der Waals surface area contributed by atoms with Crippen molar-refractivity contribution in [2.75, 3.05) is 20.1 Å². The Kier molecular flexibility index (Phi) is 4.48. The van der Waals surface area contributed by atoms with E-state index in [2.05, 4.69) is 10.4 Å². The standard InChI is InChI=1S/C19H22F2N4O/c1-22-11-13-4-3-9-24(13)19(26)18-14-5-2-6-17(14)25(23-18)12-7-8-15(20)16(21)10-12/h7-8,10,13,22H,2-6,9,11H2,1H3. The summed E-state index contributed by atoms with van der Waals surface area (Å²) in [6.07, 6.45) is 4.50. The summed E-state index contributed by atoms with van der Waals surface area (Å²) in [5.74, 6) is -1.85. The Labute approximate surface area is 151 Å². The van der Waals surface area contributed by atoms with Crippen LogP contribution in [0.3, 0.4) is 0 Å². The number of carbonyl (C=O) groups excluding carboxylic acids is 1. The number of likely N-dealkylation sites (N-methyl/N-ethyl adjacent to an activating group) is 1. The number of halogens is 2. The molecule has 1 aliphatic heterocycles. The molecule has 1 fully saturated rings. The average molecular weight is 360 g/mol. The molecule has 1 amide bonds. The number of rotatable bonds is 4. The Morgan fingerprint density at radius 2 is 2.12 bits per heavy atom. The number of nitrogens with zero attached hydrogens (tertiary/aromatic N) is 3. The lowest BCUT2D eigenvalue weighted by Crippen LogP contribution is -2.41. The van der Waals surface area contributed by atoms with Gasteiger partial charge < -0.3 is 10.2 Å². The molecule has 7 heteroatoms. The Morgan fingerprint density at radius 3 is 2.88 bits per heavy atom. The minimum atomic E-state index is -0.911. The summed E-state index contributed by atoms with van der Waals surface area (Å²) in [4.78, 5) is 15.0. The molecule has 2 heterocycles. The summed E-state index contributed by atoms with van der Waals surface area (Å²) >= 11 is 0. The van der Waals surface area contributed by atoms with Crippen LogP contribution >= 0.6 is 0 Å². The van der Waals surface area contributed by atoms with Gasteiger partial charge in [-0.25, -0.2) is 13.5 Å². The molecule has 1 unspecified atom stereocenters. The molecule has 5 nitrogen and oxygen atoms in total. The van der Waals surface area contributed by atoms with Crippen molar-refractivity contribution in [2.24, 2.45) is 0 Å². The zero-order chi connectivity index (χ0) is 18.3. The summed E-state index contributed by atoms with van der Waals surface area (Å²) < 4.78 is 28.5. The van der Waals surface area contributed by atoms with Crippen molar-refractivity contribution in [2.45, 2.75) is 38.1 Å². The largest absolute Gasteiger partial charge is 0.333 e. The second-order valence-electron chi connectivity index (χ2n) is 6.99. The molecule has 1 atom stereocenters. The summed E-state index contributed by atoms with van der Waals surface area (Å²) in [6.45, 7) is 1.50. The first kappa shape index (κ1) is 17.1. The number of fused-ring (bicyclic) bond motifs is 1. The zero-order valence-corrected chi connectivity index (χ0v) is 14.8. The van der Waals surface area contributed by atoms with Crippen molar-refractivity contribution in [1.29, 1.82) is 0 Å². The second kappa shape index (κ2) is 6.79. The van der Waals surface area contributed by atoms with E-state index in [0.717, 1.165) is 68.6 Å². The molecule has 1 aliphatic carbocycles. The number of amides is 1. The van der Waals surface area contributed by atoms with Crippen LogP contribution < -0.4 is 5.32 Å². The van der Waals surface area contributed by atoms with Gasteiger partial charge >= 0.3 is 0 Å². The van der Waals surface area contributed by atoms with E-state index >= 15 is 0 Å². The molecular weight excluding hydrogens is 338 g/mol. The fourth-order valence-corrected chi connectivity index (χ4v) is 4.13. The molecule has 26 heavy (non-hydrogen) atoms. The van der Waals surface area contributed by atoms with E-state index in [1.807, 2.05) is 11.9 Å². The third kappa shape index (κ3) is 2.80. The number of benzene rings is 1. The van der Waals surface area contributed by atoms with E-state index in [1.54, 1.807) is 4.68 Å². The molecule has 0 spiro atoms. The van der Waals surface area contributed by atoms with Crippen LogP contribution in [-0.4, -0.2) is 46.8 Å². The summed E-state index contributed by atoms with van der Waals surface area (Å²) in [5, 5.41) is 7.67. The highest BCUT2D eigenvalue weighted by Crippen LogP contribution is 2.30. The Hall–Kier alpha value is -2.28. The van der Waals surface area contributed by atoms with Gasteiger partial charge in [0.15, 0.2) is 17.3 Å². The molecule has 0 saturated carbocycles. The molecular formula is C19H22F2N4O. The van der Waals surface area contributed by atoms with E-state index < -0.39 is 11.6 Å². The number of nitrogens with one attached hydrogen (secondary N) is 1. The van der Waals surface area contributed by atoms with Gasteiger partial charge in [0.1, 0.15) is 0 Å². The average Bonchev–Trinajstić information content (AvgIpc) is 3.33. The maximum Gasteiger partial charge on any atom is 0.274 e. The van der Waals surface area contributed by atoms with Gasteiger partial charge in [0.2, 0.25) is 0 Å². The normalized spacial score (nSPS) is 19.2. The topological polar surface area (TPSA) is 50.2 Å². The molecule has 1 N–H and O–H groups in total. The van der Waals surface area contributed by atoms with Crippen molar-refractivity contribution >= 4 is 5.91 Å². The minimum Gasteiger partial charge on any atom is -0.333 e. The Bertz CT molecular complexity index is 848. The maximum absolute atomic E-state index is 13.7. The SMILES string of the molecule is CNCC1CCCN1C(=O)c1nn(-c2ccc(F)c(F)c2)c2c1CCC2. The van der Waals surface area contributed by atoms with Crippen LogP contribution in [0.15, 0.2) is 18.2 Å². The highest BCUT2D eigenvalue weighted by Gasteiger charge is 2.34. The molecule has 0 bridgehead atoms. The summed E-state index contributed by atoms with van der Waals surface area (Å²) in [7, 11) is 1.89. The predicted octanol–water partition coefficient (Wildman–Crippen LogP) is 2.46. The second-order valence-corrected chi connectivity index (χ2v) is 6.99. The molecule has 2 aliphatic rings. The summed E-state index contributed by atoms with van der Waals surface area (Å²) in [6, 6.07) is 3.91. The number of carbonyl (C=O) groups is 1. The van der Waals surface area contributed by atoms with Gasteiger partial charge in [-0.05, 0) is 51.3 Å². The fourth-order valence-electron chi connectivity index (χ4n) is 4.13. The van der Waals surface area contributed by atoms with Gasteiger partial charge in [0, 0.05) is 36.5 Å². The quantitative estimate of drug-likeness (QED) is 0.911. The number of aromatic nitrogens is 2. The van der Waals surface area contributed by atoms with Crippen LogP contribution in [0.4, 0.5) is 8.78 Å². The summed E-state index contributed by atoms with van der Waals surface area (Å²) in [5.41, 5.74) is 2.80. The van der Waals surface area contributed by atoms with Crippen molar-refractivity contribution in [3.05, 3.63) is 46.8 Å². The van der Waals surface area contributed by atoms with Crippen LogP contribution in [0.2, 0.25) is 0 Å². The molecule has 2 aromatic rings. The van der Waals surface area contributed by atoms with E-state index in [0.29, 0.717) is 11.4 Å². The lowest BCUT2D eigenvalue weighted by Gasteiger charge is -2.24. The minimum absolute atomic E-state index is 0.0535. The first-order valence-electron chi connectivity index (χ1n) is 9.12. The molecule has 0 radical (unpaired) electrons. The lowest BCUT2D eigenvalue weighted by atomic mass is 10.1. The molecule has 1 saturated heterocycles.